The molecule has 0 atom stereocenters. The smallest absolute Gasteiger partial charge is 0.184 e. The third-order valence-corrected chi connectivity index (χ3v) is 6.25. The lowest BCUT2D eigenvalue weighted by molar-refractivity contribution is 0.0590. The number of Topliss-reactive ketones (excluding diaryl/α,β-unsaturated/α-hetero) is 1. The van der Waals surface area contributed by atoms with Crippen molar-refractivity contribution < 1.29 is 13.9 Å². The summed E-state index contributed by atoms with van der Waals surface area (Å²) >= 11 is 0. The number of ether oxygens (including phenoxy) is 1. The lowest BCUT2D eigenvalue weighted by atomic mass is 10.1. The first-order chi connectivity index (χ1) is 18.4. The van der Waals surface area contributed by atoms with Crippen molar-refractivity contribution in [3.05, 3.63) is 66.2 Å². The van der Waals surface area contributed by atoms with Crippen molar-refractivity contribution >= 4 is 28.8 Å². The summed E-state index contributed by atoms with van der Waals surface area (Å²) in [5.41, 5.74) is 3.43. The fourth-order valence-electron chi connectivity index (χ4n) is 4.30. The van der Waals surface area contributed by atoms with Gasteiger partial charge in [-0.15, -0.1) is 0 Å². The number of ketones is 1. The van der Waals surface area contributed by atoms with E-state index in [1.54, 1.807) is 43.6 Å². The van der Waals surface area contributed by atoms with Crippen molar-refractivity contribution in [3.63, 3.8) is 0 Å². The van der Waals surface area contributed by atoms with Gasteiger partial charge in [0.25, 0.3) is 0 Å². The van der Waals surface area contributed by atoms with E-state index in [4.69, 9.17) is 4.74 Å². The number of alkyl halides is 1. The molecule has 3 aromatic heterocycles. The molecule has 1 aliphatic heterocycles. The molecule has 0 amide bonds. The lowest BCUT2D eigenvalue weighted by Gasteiger charge is -2.34. The molecule has 0 radical (unpaired) electrons. The van der Waals surface area contributed by atoms with Crippen LogP contribution in [-0.4, -0.2) is 61.8 Å². The average Bonchev–Trinajstić information content (AvgIpc) is 3.34. The van der Waals surface area contributed by atoms with Crippen molar-refractivity contribution in [1.29, 1.82) is 0 Å². The summed E-state index contributed by atoms with van der Waals surface area (Å²) in [6.45, 7) is 3.41. The van der Waals surface area contributed by atoms with E-state index in [-0.39, 0.29) is 5.78 Å². The molecule has 0 saturated carbocycles. The summed E-state index contributed by atoms with van der Waals surface area (Å²) < 4.78 is 20.4. The van der Waals surface area contributed by atoms with Gasteiger partial charge in [-0.05, 0) is 23.8 Å². The van der Waals surface area contributed by atoms with Gasteiger partial charge in [0.1, 0.15) is 24.1 Å². The molecule has 38 heavy (non-hydrogen) atoms. The van der Waals surface area contributed by atoms with Crippen LogP contribution in [0.15, 0.2) is 55.1 Å². The van der Waals surface area contributed by atoms with Crippen molar-refractivity contribution in [2.75, 3.05) is 30.8 Å². The van der Waals surface area contributed by atoms with Crippen LogP contribution in [-0.2, 0) is 13.6 Å². The number of aromatic nitrogens is 5. The third-order valence-electron chi connectivity index (χ3n) is 6.25. The second-order valence-corrected chi connectivity index (χ2v) is 9.11. The molecule has 196 valence electrons. The molecule has 4 aromatic rings. The van der Waals surface area contributed by atoms with Crippen molar-refractivity contribution in [1.82, 2.24) is 29.6 Å². The van der Waals surface area contributed by atoms with E-state index in [0.29, 0.717) is 66.2 Å². The Balaban J connectivity index is 1.40. The zero-order valence-electron chi connectivity index (χ0n) is 21.5. The quantitative estimate of drug-likeness (QED) is 0.294. The lowest BCUT2D eigenvalue weighted by Crippen LogP contribution is -2.47. The van der Waals surface area contributed by atoms with Gasteiger partial charge in [-0.25, -0.2) is 19.3 Å². The Morgan fingerprint density at radius 1 is 1.08 bits per heavy atom. The van der Waals surface area contributed by atoms with Gasteiger partial charge in [0, 0.05) is 51.6 Å². The first-order valence-electron chi connectivity index (χ1n) is 12.3. The highest BCUT2D eigenvalue weighted by Gasteiger charge is 2.25. The maximum absolute atomic E-state index is 13.1. The largest absolute Gasteiger partial charge is 0.494 e. The number of carbonyl (C=O) groups excluding carboxylic acids is 1. The van der Waals surface area contributed by atoms with Gasteiger partial charge < -0.3 is 15.4 Å². The number of hydrogen-bond acceptors (Lipinski definition) is 9. The molecular formula is C27H29FN8O2. The van der Waals surface area contributed by atoms with Crippen molar-refractivity contribution in [2.45, 2.75) is 26.1 Å². The van der Waals surface area contributed by atoms with Crippen LogP contribution in [0.25, 0.3) is 11.4 Å². The second kappa shape index (κ2) is 10.9. The van der Waals surface area contributed by atoms with Crippen LogP contribution >= 0.6 is 0 Å². The minimum atomic E-state index is -0.727. The fourth-order valence-corrected chi connectivity index (χ4v) is 4.30. The van der Waals surface area contributed by atoms with E-state index in [9.17, 15) is 9.18 Å². The topological polar surface area (TPSA) is 110 Å². The standard InChI is InChI=1S/C27H29FN8O2/c1-4-23(37)20-12-30-25(33-24-9-8-17(11-29-24)13-36-14-18(28)15-36)10-22(20)32-21-7-5-6-19(26(21)38-3)27-31-16-35(2)34-27/h5-12,16,18H,4,13-15H2,1-3H3,(H2,29,30,32,33). The average molecular weight is 517 g/mol. The van der Waals surface area contributed by atoms with E-state index in [1.807, 2.05) is 42.2 Å². The molecule has 2 N–H and O–H groups in total. The summed E-state index contributed by atoms with van der Waals surface area (Å²) in [4.78, 5) is 28.0. The van der Waals surface area contributed by atoms with Gasteiger partial charge >= 0.3 is 0 Å². The summed E-state index contributed by atoms with van der Waals surface area (Å²) in [5.74, 6) is 2.16. The van der Waals surface area contributed by atoms with Crippen LogP contribution in [0.2, 0.25) is 0 Å². The Kier molecular flexibility index (Phi) is 7.27. The Hall–Kier alpha value is -4.38. The molecule has 0 aliphatic carbocycles. The molecule has 4 heterocycles. The second-order valence-electron chi connectivity index (χ2n) is 9.11. The zero-order valence-corrected chi connectivity index (χ0v) is 21.5. The van der Waals surface area contributed by atoms with Crippen molar-refractivity contribution in [3.8, 4) is 17.1 Å². The maximum Gasteiger partial charge on any atom is 0.184 e. The number of rotatable bonds is 10. The minimum Gasteiger partial charge on any atom is -0.494 e. The molecule has 0 spiro atoms. The number of halogens is 1. The number of nitrogens with zero attached hydrogens (tertiary/aromatic N) is 6. The molecule has 11 heteroatoms. The maximum atomic E-state index is 13.1. The van der Waals surface area contributed by atoms with Gasteiger partial charge in [-0.3, -0.25) is 14.4 Å². The summed E-state index contributed by atoms with van der Waals surface area (Å²) in [6.07, 6.45) is 4.55. The van der Waals surface area contributed by atoms with Crippen LogP contribution in [0.3, 0.4) is 0 Å². The first kappa shape index (κ1) is 25.3. The first-order valence-corrected chi connectivity index (χ1v) is 12.3. The molecule has 1 fully saturated rings. The number of aryl methyl sites for hydroxylation is 1. The summed E-state index contributed by atoms with van der Waals surface area (Å²) in [6, 6.07) is 11.2. The number of anilines is 4. The molecule has 1 aromatic carbocycles. The van der Waals surface area contributed by atoms with Crippen LogP contribution in [0.4, 0.5) is 27.4 Å². The Morgan fingerprint density at radius 2 is 1.89 bits per heavy atom. The highest BCUT2D eigenvalue weighted by atomic mass is 19.1. The predicted octanol–water partition coefficient (Wildman–Crippen LogP) is 4.51. The van der Waals surface area contributed by atoms with Gasteiger partial charge in [-0.2, -0.15) is 5.10 Å². The Bertz CT molecular complexity index is 1430. The number of hydrogen-bond donors (Lipinski definition) is 2. The third kappa shape index (κ3) is 5.47. The van der Waals surface area contributed by atoms with Gasteiger partial charge in [0.15, 0.2) is 17.4 Å². The number of pyridine rings is 2. The van der Waals surface area contributed by atoms with Crippen LogP contribution in [0.1, 0.15) is 29.3 Å². The molecule has 0 bridgehead atoms. The van der Waals surface area contributed by atoms with E-state index in [2.05, 4.69) is 30.7 Å². The minimum absolute atomic E-state index is 0.0444. The molecule has 1 aliphatic rings. The predicted molar refractivity (Wildman–Crippen MR) is 143 cm³/mol. The molecule has 10 nitrogen and oxygen atoms in total. The van der Waals surface area contributed by atoms with Crippen LogP contribution < -0.4 is 15.4 Å². The molecular weight excluding hydrogens is 487 g/mol. The highest BCUT2D eigenvalue weighted by molar-refractivity contribution is 6.02. The zero-order chi connectivity index (χ0) is 26.6. The van der Waals surface area contributed by atoms with E-state index < -0.39 is 6.17 Å². The molecule has 1 saturated heterocycles. The number of nitrogens with one attached hydrogen (secondary N) is 2. The number of para-hydroxylation sites is 1. The van der Waals surface area contributed by atoms with E-state index >= 15 is 0 Å². The number of benzene rings is 1. The van der Waals surface area contributed by atoms with E-state index in [1.165, 1.54) is 0 Å². The van der Waals surface area contributed by atoms with E-state index in [0.717, 1.165) is 11.1 Å². The molecule has 0 unspecified atom stereocenters. The summed E-state index contributed by atoms with van der Waals surface area (Å²) in [5, 5.41) is 10.9. The van der Waals surface area contributed by atoms with Gasteiger partial charge in [0.2, 0.25) is 0 Å². The number of methoxy groups -OCH3 is 1. The van der Waals surface area contributed by atoms with Gasteiger partial charge in [-0.1, -0.05) is 19.1 Å². The highest BCUT2D eigenvalue weighted by Crippen LogP contribution is 2.37. The normalized spacial score (nSPS) is 13.7. The van der Waals surface area contributed by atoms with Crippen LogP contribution in [0, 0.1) is 0 Å². The monoisotopic (exact) mass is 516 g/mol. The van der Waals surface area contributed by atoms with Gasteiger partial charge in [0.05, 0.1) is 29.6 Å². The fraction of sp³-hybridized carbons (Fsp3) is 0.296. The Morgan fingerprint density at radius 3 is 2.55 bits per heavy atom. The Labute approximate surface area is 219 Å². The number of carbonyl (C=O) groups is 1. The van der Waals surface area contributed by atoms with Crippen LogP contribution in [0.5, 0.6) is 5.75 Å². The van der Waals surface area contributed by atoms with Crippen molar-refractivity contribution in [2.24, 2.45) is 7.05 Å². The SMILES string of the molecule is CCC(=O)c1cnc(Nc2ccc(CN3CC(F)C3)cn2)cc1Nc1cccc(-c2ncn(C)n2)c1OC. The summed E-state index contributed by atoms with van der Waals surface area (Å²) in [7, 11) is 3.38. The number of likely N-dealkylation sites (tertiary alicyclic amines) is 1. The molecule has 5 rings (SSSR count).